The van der Waals surface area contributed by atoms with Gasteiger partial charge in [0.1, 0.15) is 0 Å². The molecule has 1 aromatic rings. The van der Waals surface area contributed by atoms with Crippen LogP contribution in [-0.2, 0) is 0 Å². The van der Waals surface area contributed by atoms with Gasteiger partial charge in [-0.15, -0.1) is 0 Å². The molecule has 2 N–H and O–H groups in total. The molecule has 0 heterocycles. The van der Waals surface area contributed by atoms with Gasteiger partial charge in [0.15, 0.2) is 0 Å². The highest BCUT2D eigenvalue weighted by Crippen LogP contribution is 2.71. The molecule has 66 valence electrons. The van der Waals surface area contributed by atoms with Crippen LogP contribution in [0.25, 0.3) is 0 Å². The van der Waals surface area contributed by atoms with E-state index in [1.165, 1.54) is 18.4 Å². The Bertz CT molecular complexity index is 396. The zero-order valence-electron chi connectivity index (χ0n) is 7.53. The lowest BCUT2D eigenvalue weighted by Crippen LogP contribution is -2.04. The van der Waals surface area contributed by atoms with E-state index in [2.05, 4.69) is 18.2 Å². The minimum Gasteiger partial charge on any atom is -0.398 e. The van der Waals surface area contributed by atoms with Crippen LogP contribution in [-0.4, -0.2) is 0 Å². The molecule has 2 fully saturated rings. The molecule has 0 amide bonds. The molecule has 4 unspecified atom stereocenters. The van der Waals surface area contributed by atoms with E-state index in [0.717, 1.165) is 29.4 Å². The number of nitrogen functional groups attached to an aromatic ring is 1. The summed E-state index contributed by atoms with van der Waals surface area (Å²) in [6, 6.07) is 6.48. The van der Waals surface area contributed by atoms with Crippen molar-refractivity contribution in [1.82, 2.24) is 0 Å². The van der Waals surface area contributed by atoms with Crippen molar-refractivity contribution in [2.75, 3.05) is 5.73 Å². The van der Waals surface area contributed by atoms with E-state index in [9.17, 15) is 0 Å². The van der Waals surface area contributed by atoms with Crippen molar-refractivity contribution in [3.63, 3.8) is 0 Å². The minimum atomic E-state index is 0.839. The summed E-state index contributed by atoms with van der Waals surface area (Å²) in [5.74, 6) is 3.78. The Morgan fingerprint density at radius 1 is 1.08 bits per heavy atom. The average molecular weight is 171 g/mol. The molecule has 2 bridgehead atoms. The summed E-state index contributed by atoms with van der Waals surface area (Å²) >= 11 is 0. The monoisotopic (exact) mass is 171 g/mol. The SMILES string of the molecule is Nc1cccc2c1C1CC2C2CC12. The van der Waals surface area contributed by atoms with Crippen molar-refractivity contribution in [3.05, 3.63) is 29.3 Å². The second kappa shape index (κ2) is 1.77. The number of hydrogen-bond donors (Lipinski definition) is 1. The maximum absolute atomic E-state index is 6.04. The Kier molecular flexibility index (Phi) is 0.880. The quantitative estimate of drug-likeness (QED) is 0.596. The third-order valence-electron chi connectivity index (χ3n) is 4.38. The molecule has 0 aromatic heterocycles. The van der Waals surface area contributed by atoms with Gasteiger partial charge in [-0.25, -0.2) is 0 Å². The first-order chi connectivity index (χ1) is 6.36. The summed E-state index contributed by atoms with van der Waals surface area (Å²) in [4.78, 5) is 0. The summed E-state index contributed by atoms with van der Waals surface area (Å²) in [6.07, 6.45) is 2.88. The van der Waals surface area contributed by atoms with E-state index in [0.29, 0.717) is 0 Å². The lowest BCUT2D eigenvalue weighted by Gasteiger charge is -2.15. The summed E-state index contributed by atoms with van der Waals surface area (Å²) in [6.45, 7) is 0. The third kappa shape index (κ3) is 0.589. The predicted molar refractivity (Wildman–Crippen MR) is 52.6 cm³/mol. The number of nitrogens with two attached hydrogens (primary N) is 1. The molecule has 2 saturated carbocycles. The first-order valence-electron chi connectivity index (χ1n) is 5.24. The second-order valence-corrected chi connectivity index (χ2v) is 4.86. The highest BCUT2D eigenvalue weighted by molar-refractivity contribution is 5.60. The van der Waals surface area contributed by atoms with E-state index in [-0.39, 0.29) is 0 Å². The Morgan fingerprint density at radius 2 is 1.92 bits per heavy atom. The van der Waals surface area contributed by atoms with Crippen LogP contribution in [0, 0.1) is 11.8 Å². The fraction of sp³-hybridized carbons (Fsp3) is 0.500. The van der Waals surface area contributed by atoms with E-state index in [4.69, 9.17) is 5.73 Å². The Hall–Kier alpha value is -0.980. The van der Waals surface area contributed by atoms with Gasteiger partial charge in [-0.3, -0.25) is 0 Å². The lowest BCUT2D eigenvalue weighted by molar-refractivity contribution is 0.639. The van der Waals surface area contributed by atoms with Crippen molar-refractivity contribution in [2.24, 2.45) is 11.8 Å². The normalized spacial score (nSPS) is 43.1. The van der Waals surface area contributed by atoms with Crippen LogP contribution < -0.4 is 5.73 Å². The van der Waals surface area contributed by atoms with E-state index >= 15 is 0 Å². The van der Waals surface area contributed by atoms with Crippen LogP contribution in [0.3, 0.4) is 0 Å². The van der Waals surface area contributed by atoms with Crippen molar-refractivity contribution < 1.29 is 0 Å². The number of anilines is 1. The van der Waals surface area contributed by atoms with Gasteiger partial charge in [-0.1, -0.05) is 12.1 Å². The third-order valence-corrected chi connectivity index (χ3v) is 4.38. The van der Waals surface area contributed by atoms with E-state index < -0.39 is 0 Å². The molecule has 1 aromatic carbocycles. The van der Waals surface area contributed by atoms with Gasteiger partial charge in [0.25, 0.3) is 0 Å². The summed E-state index contributed by atoms with van der Waals surface area (Å²) in [7, 11) is 0. The molecular weight excluding hydrogens is 158 g/mol. The number of hydrogen-bond acceptors (Lipinski definition) is 1. The van der Waals surface area contributed by atoms with E-state index in [1.54, 1.807) is 5.56 Å². The summed E-state index contributed by atoms with van der Waals surface area (Å²) in [5.41, 5.74) is 10.2. The predicted octanol–water partition coefficient (Wildman–Crippen LogP) is 2.49. The first kappa shape index (κ1) is 6.47. The molecule has 0 aliphatic heterocycles. The molecule has 13 heavy (non-hydrogen) atoms. The van der Waals surface area contributed by atoms with Crippen LogP contribution in [0.2, 0.25) is 0 Å². The van der Waals surface area contributed by atoms with Crippen LogP contribution in [0.4, 0.5) is 5.69 Å². The smallest absolute Gasteiger partial charge is 0.0352 e. The molecule has 3 aliphatic carbocycles. The largest absolute Gasteiger partial charge is 0.398 e. The fourth-order valence-electron chi connectivity index (χ4n) is 3.83. The van der Waals surface area contributed by atoms with Crippen LogP contribution >= 0.6 is 0 Å². The lowest BCUT2D eigenvalue weighted by atomic mass is 9.91. The van der Waals surface area contributed by atoms with Crippen molar-refractivity contribution in [3.8, 4) is 0 Å². The Labute approximate surface area is 77.9 Å². The topological polar surface area (TPSA) is 26.0 Å². The molecular formula is C12H13N. The molecule has 0 spiro atoms. The number of fused-ring (bicyclic) bond motifs is 8. The Balaban J connectivity index is 2.02. The molecule has 1 nitrogen and oxygen atoms in total. The van der Waals surface area contributed by atoms with Gasteiger partial charge < -0.3 is 5.73 Å². The van der Waals surface area contributed by atoms with Crippen molar-refractivity contribution in [2.45, 2.75) is 24.7 Å². The van der Waals surface area contributed by atoms with Crippen LogP contribution in [0.15, 0.2) is 18.2 Å². The zero-order valence-corrected chi connectivity index (χ0v) is 7.53. The first-order valence-corrected chi connectivity index (χ1v) is 5.24. The maximum atomic E-state index is 6.04. The second-order valence-electron chi connectivity index (χ2n) is 4.86. The standard InChI is InChI=1S/C12H13N/c13-11-3-1-2-6-7-5-10(12(6)11)9-4-8(7)9/h1-3,7-10H,4-5,13H2. The molecule has 4 rings (SSSR count). The Morgan fingerprint density at radius 3 is 2.85 bits per heavy atom. The summed E-state index contributed by atoms with van der Waals surface area (Å²) < 4.78 is 0. The number of rotatable bonds is 0. The zero-order chi connectivity index (χ0) is 8.58. The molecule has 0 saturated heterocycles. The van der Waals surface area contributed by atoms with Gasteiger partial charge in [-0.05, 0) is 53.7 Å². The van der Waals surface area contributed by atoms with Crippen LogP contribution in [0.1, 0.15) is 35.8 Å². The van der Waals surface area contributed by atoms with Gasteiger partial charge in [-0.2, -0.15) is 0 Å². The average Bonchev–Trinajstić information content (AvgIpc) is 2.75. The highest BCUT2D eigenvalue weighted by atomic mass is 14.7. The molecule has 4 atom stereocenters. The molecule has 0 radical (unpaired) electrons. The van der Waals surface area contributed by atoms with Crippen LogP contribution in [0.5, 0.6) is 0 Å². The van der Waals surface area contributed by atoms with E-state index in [1.807, 2.05) is 0 Å². The molecule has 1 heteroatoms. The highest BCUT2D eigenvalue weighted by Gasteiger charge is 2.60. The molecule has 3 aliphatic rings. The maximum Gasteiger partial charge on any atom is 0.0352 e. The van der Waals surface area contributed by atoms with Gasteiger partial charge in [0, 0.05) is 5.69 Å². The van der Waals surface area contributed by atoms with Gasteiger partial charge in [0.2, 0.25) is 0 Å². The number of benzene rings is 1. The fourth-order valence-corrected chi connectivity index (χ4v) is 3.83. The summed E-state index contributed by atoms with van der Waals surface area (Å²) in [5, 5.41) is 0. The van der Waals surface area contributed by atoms with Crippen molar-refractivity contribution in [1.29, 1.82) is 0 Å². The van der Waals surface area contributed by atoms with Gasteiger partial charge >= 0.3 is 0 Å². The minimum absolute atomic E-state index is 0.839. The van der Waals surface area contributed by atoms with Gasteiger partial charge in [0.05, 0.1) is 0 Å². The van der Waals surface area contributed by atoms with Crippen molar-refractivity contribution >= 4 is 5.69 Å².